The van der Waals surface area contributed by atoms with Crippen molar-refractivity contribution in [2.24, 2.45) is 0 Å². The zero-order valence-electron chi connectivity index (χ0n) is 21.2. The topological polar surface area (TPSA) is 110 Å². The fourth-order valence-electron chi connectivity index (χ4n) is 5.44. The molecule has 2 aliphatic heterocycles. The highest BCUT2D eigenvalue weighted by molar-refractivity contribution is 5.91. The van der Waals surface area contributed by atoms with Gasteiger partial charge >= 0.3 is 6.55 Å². The summed E-state index contributed by atoms with van der Waals surface area (Å²) in [6.07, 6.45) is 6.09. The largest absolute Gasteiger partial charge is 0.486 e. The van der Waals surface area contributed by atoms with Crippen molar-refractivity contribution in [3.8, 4) is 34.0 Å². The molecule has 0 aliphatic carbocycles. The molecule has 1 aromatic carbocycles. The Kier molecular flexibility index (Phi) is 5.67. The van der Waals surface area contributed by atoms with E-state index in [1.54, 1.807) is 0 Å². The van der Waals surface area contributed by atoms with Crippen LogP contribution in [-0.2, 0) is 0 Å². The summed E-state index contributed by atoms with van der Waals surface area (Å²) in [7, 11) is 0. The lowest BCUT2D eigenvalue weighted by atomic mass is 9.96. The Morgan fingerprint density at radius 2 is 1.82 bits per heavy atom. The number of anilines is 1. The van der Waals surface area contributed by atoms with Gasteiger partial charge in [-0.2, -0.15) is 13.9 Å². The molecular formula is C27H26F2N8O2. The molecule has 4 aromatic heterocycles. The highest BCUT2D eigenvalue weighted by atomic mass is 19.3. The van der Waals surface area contributed by atoms with Crippen LogP contribution in [0.5, 0.6) is 11.5 Å². The van der Waals surface area contributed by atoms with Gasteiger partial charge in [0.15, 0.2) is 11.5 Å². The number of H-pyrrole nitrogens is 2. The zero-order valence-corrected chi connectivity index (χ0v) is 21.2. The van der Waals surface area contributed by atoms with Crippen LogP contribution in [0.15, 0.2) is 43.0 Å². The molecule has 0 bridgehead atoms. The van der Waals surface area contributed by atoms with Gasteiger partial charge in [-0.3, -0.25) is 0 Å². The number of aromatic nitrogens is 7. The molecule has 2 N–H and O–H groups in total. The molecule has 1 fully saturated rings. The van der Waals surface area contributed by atoms with Crippen molar-refractivity contribution in [2.75, 3.05) is 31.2 Å². The standard InChI is InChI=1S/C27H26F2N8O2/c1-15-23(17-2-3-21-22(10-17)39-9-8-38-21)35-24(33-15)16-4-6-36(7-5-16)26-19-11-20(34-25(19)30-14-31-26)18-12-32-37(13-18)27(28)29/h2-3,10-14,16,27H,4-9H2,1H3,(H,33,35)(H,30,31,34). The third-order valence-corrected chi connectivity index (χ3v) is 7.43. The van der Waals surface area contributed by atoms with Gasteiger partial charge in [-0.25, -0.2) is 19.6 Å². The molecule has 0 saturated carbocycles. The second-order valence-corrected chi connectivity index (χ2v) is 9.83. The summed E-state index contributed by atoms with van der Waals surface area (Å²) in [6.45, 7) is 2.06. The molecule has 0 radical (unpaired) electrons. The van der Waals surface area contributed by atoms with Crippen LogP contribution in [0.4, 0.5) is 14.6 Å². The lowest BCUT2D eigenvalue weighted by molar-refractivity contribution is 0.0566. The summed E-state index contributed by atoms with van der Waals surface area (Å²) in [4.78, 5) is 22.8. The van der Waals surface area contributed by atoms with Crippen molar-refractivity contribution in [2.45, 2.75) is 32.2 Å². The maximum Gasteiger partial charge on any atom is 0.333 e. The first-order valence-electron chi connectivity index (χ1n) is 12.9. The molecule has 39 heavy (non-hydrogen) atoms. The maximum absolute atomic E-state index is 13.0. The second kappa shape index (κ2) is 9.37. The van der Waals surface area contributed by atoms with Gasteiger partial charge in [0, 0.05) is 36.3 Å². The number of aryl methyl sites for hydroxylation is 1. The highest BCUT2D eigenvalue weighted by Crippen LogP contribution is 2.37. The van der Waals surface area contributed by atoms with Crippen LogP contribution in [0.3, 0.4) is 0 Å². The summed E-state index contributed by atoms with van der Waals surface area (Å²) >= 11 is 0. The molecule has 7 rings (SSSR count). The Balaban J connectivity index is 1.09. The number of aromatic amines is 2. The molecule has 0 amide bonds. The Morgan fingerprint density at radius 3 is 2.62 bits per heavy atom. The van der Waals surface area contributed by atoms with Crippen LogP contribution in [-0.4, -0.2) is 61.0 Å². The van der Waals surface area contributed by atoms with Crippen LogP contribution < -0.4 is 14.4 Å². The number of benzene rings is 1. The van der Waals surface area contributed by atoms with E-state index in [1.807, 2.05) is 31.2 Å². The predicted molar refractivity (Wildman–Crippen MR) is 140 cm³/mol. The Morgan fingerprint density at radius 1 is 1.00 bits per heavy atom. The number of imidazole rings is 1. The maximum atomic E-state index is 13.0. The number of rotatable bonds is 5. The van der Waals surface area contributed by atoms with E-state index in [0.29, 0.717) is 40.7 Å². The SMILES string of the molecule is Cc1nc(C2CCN(c3ncnc4[nH]c(-c5cnn(C(F)F)c5)cc34)CC2)[nH]c1-c1ccc2c(c1)OCCO2. The van der Waals surface area contributed by atoms with Gasteiger partial charge < -0.3 is 24.3 Å². The molecule has 2 aliphatic rings. The second-order valence-electron chi connectivity index (χ2n) is 9.83. The molecule has 0 atom stereocenters. The number of nitrogens with one attached hydrogen (secondary N) is 2. The minimum absolute atomic E-state index is 0.296. The predicted octanol–water partition coefficient (Wildman–Crippen LogP) is 5.07. The van der Waals surface area contributed by atoms with Gasteiger partial charge in [0.25, 0.3) is 0 Å². The lowest BCUT2D eigenvalue weighted by Crippen LogP contribution is -2.33. The summed E-state index contributed by atoms with van der Waals surface area (Å²) in [5.41, 5.74) is 4.88. The van der Waals surface area contributed by atoms with Gasteiger partial charge in [0.05, 0.1) is 28.7 Å². The van der Waals surface area contributed by atoms with E-state index < -0.39 is 6.55 Å². The summed E-state index contributed by atoms with van der Waals surface area (Å²) in [6, 6.07) is 7.89. The first kappa shape index (κ1) is 23.6. The van der Waals surface area contributed by atoms with Crippen LogP contribution in [0.1, 0.15) is 36.8 Å². The molecule has 12 heteroatoms. The van der Waals surface area contributed by atoms with Crippen LogP contribution in [0, 0.1) is 6.92 Å². The summed E-state index contributed by atoms with van der Waals surface area (Å²) in [5.74, 6) is 3.64. The Labute approximate surface area is 222 Å². The van der Waals surface area contributed by atoms with Crippen molar-refractivity contribution in [1.82, 2.24) is 34.7 Å². The van der Waals surface area contributed by atoms with E-state index in [-0.39, 0.29) is 0 Å². The van der Waals surface area contributed by atoms with Gasteiger partial charge in [0.1, 0.15) is 36.8 Å². The molecule has 10 nitrogen and oxygen atoms in total. The quantitative estimate of drug-likeness (QED) is 0.325. The lowest BCUT2D eigenvalue weighted by Gasteiger charge is -2.32. The molecule has 1 saturated heterocycles. The number of piperidine rings is 1. The van der Waals surface area contributed by atoms with Crippen LogP contribution in [0.25, 0.3) is 33.5 Å². The van der Waals surface area contributed by atoms with Gasteiger partial charge in [-0.15, -0.1) is 0 Å². The van der Waals surface area contributed by atoms with Crippen LogP contribution in [0.2, 0.25) is 0 Å². The zero-order chi connectivity index (χ0) is 26.5. The minimum atomic E-state index is -2.68. The monoisotopic (exact) mass is 532 g/mol. The first-order valence-corrected chi connectivity index (χ1v) is 12.9. The summed E-state index contributed by atoms with van der Waals surface area (Å²) in [5, 5.41) is 4.59. The van der Waals surface area contributed by atoms with Crippen molar-refractivity contribution in [3.63, 3.8) is 0 Å². The molecule has 6 heterocycles. The van der Waals surface area contributed by atoms with E-state index in [9.17, 15) is 8.78 Å². The molecule has 0 spiro atoms. The average molecular weight is 533 g/mol. The number of hydrogen-bond donors (Lipinski definition) is 2. The van der Waals surface area contributed by atoms with Crippen molar-refractivity contribution in [3.05, 3.63) is 54.5 Å². The van der Waals surface area contributed by atoms with Gasteiger partial charge in [-0.1, -0.05) is 0 Å². The van der Waals surface area contributed by atoms with E-state index in [0.717, 1.165) is 71.4 Å². The van der Waals surface area contributed by atoms with E-state index >= 15 is 0 Å². The number of halogens is 2. The molecular weight excluding hydrogens is 506 g/mol. The Bertz CT molecular complexity index is 1650. The van der Waals surface area contributed by atoms with E-state index in [4.69, 9.17) is 14.5 Å². The molecule has 5 aromatic rings. The number of alkyl halides is 2. The third-order valence-electron chi connectivity index (χ3n) is 7.43. The van der Waals surface area contributed by atoms with Crippen LogP contribution >= 0.6 is 0 Å². The fraction of sp³-hybridized carbons (Fsp3) is 0.333. The number of hydrogen-bond acceptors (Lipinski definition) is 7. The van der Waals surface area contributed by atoms with Gasteiger partial charge in [-0.05, 0) is 44.0 Å². The van der Waals surface area contributed by atoms with Crippen molar-refractivity contribution < 1.29 is 18.3 Å². The third kappa shape index (κ3) is 4.25. The molecule has 0 unspecified atom stereocenters. The average Bonchev–Trinajstić information content (AvgIpc) is 3.71. The van der Waals surface area contributed by atoms with Crippen molar-refractivity contribution >= 4 is 16.9 Å². The number of fused-ring (bicyclic) bond motifs is 2. The Hall–Kier alpha value is -4.48. The van der Waals surface area contributed by atoms with Gasteiger partial charge in [0.2, 0.25) is 0 Å². The summed E-state index contributed by atoms with van der Waals surface area (Å²) < 4.78 is 38.0. The first-order chi connectivity index (χ1) is 19.0. The minimum Gasteiger partial charge on any atom is -0.486 e. The fourth-order valence-corrected chi connectivity index (χ4v) is 5.44. The number of nitrogens with zero attached hydrogens (tertiary/aromatic N) is 6. The normalized spacial score (nSPS) is 15.9. The smallest absolute Gasteiger partial charge is 0.333 e. The highest BCUT2D eigenvalue weighted by Gasteiger charge is 2.26. The molecule has 200 valence electrons. The van der Waals surface area contributed by atoms with Crippen molar-refractivity contribution in [1.29, 1.82) is 0 Å². The van der Waals surface area contributed by atoms with E-state index in [1.165, 1.54) is 18.7 Å². The van der Waals surface area contributed by atoms with E-state index in [2.05, 4.69) is 29.9 Å². The number of ether oxygens (including phenoxy) is 2.